The first kappa shape index (κ1) is 13.0. The fourth-order valence-corrected chi connectivity index (χ4v) is 2.63. The SMILES string of the molecule is CCCNC1COCC1c1nc(C2CCOC2)no1. The maximum Gasteiger partial charge on any atom is 0.233 e. The highest BCUT2D eigenvalue weighted by atomic mass is 16.5. The van der Waals surface area contributed by atoms with Gasteiger partial charge in [0.05, 0.1) is 25.7 Å². The monoisotopic (exact) mass is 267 g/mol. The van der Waals surface area contributed by atoms with Crippen molar-refractivity contribution < 1.29 is 14.0 Å². The highest BCUT2D eigenvalue weighted by Crippen LogP contribution is 2.28. The Morgan fingerprint density at radius 1 is 1.26 bits per heavy atom. The van der Waals surface area contributed by atoms with E-state index in [-0.39, 0.29) is 12.0 Å². The second kappa shape index (κ2) is 5.98. The van der Waals surface area contributed by atoms with Gasteiger partial charge in [-0.25, -0.2) is 0 Å². The summed E-state index contributed by atoms with van der Waals surface area (Å²) in [7, 11) is 0. The van der Waals surface area contributed by atoms with Crippen LogP contribution < -0.4 is 5.32 Å². The predicted octanol–water partition coefficient (Wildman–Crippen LogP) is 1.06. The lowest BCUT2D eigenvalue weighted by Gasteiger charge is -2.15. The Morgan fingerprint density at radius 3 is 3.00 bits per heavy atom. The van der Waals surface area contributed by atoms with E-state index in [0.29, 0.717) is 25.0 Å². The van der Waals surface area contributed by atoms with Crippen LogP contribution in [0.4, 0.5) is 0 Å². The standard InChI is InChI=1S/C13H21N3O3/c1-2-4-14-11-8-18-7-10(11)13-15-12(16-19-13)9-3-5-17-6-9/h9-11,14H,2-8H2,1H3. The molecule has 19 heavy (non-hydrogen) atoms. The maximum absolute atomic E-state index is 5.54. The van der Waals surface area contributed by atoms with Gasteiger partial charge in [0, 0.05) is 18.6 Å². The van der Waals surface area contributed by atoms with E-state index in [2.05, 4.69) is 22.4 Å². The lowest BCUT2D eigenvalue weighted by Crippen LogP contribution is -2.35. The summed E-state index contributed by atoms with van der Waals surface area (Å²) in [6.07, 6.45) is 2.09. The van der Waals surface area contributed by atoms with E-state index in [1.807, 2.05) is 0 Å². The molecule has 2 fully saturated rings. The first-order valence-corrected chi connectivity index (χ1v) is 7.11. The van der Waals surface area contributed by atoms with Crippen molar-refractivity contribution in [1.29, 1.82) is 0 Å². The van der Waals surface area contributed by atoms with Crippen molar-refractivity contribution in [2.24, 2.45) is 0 Å². The fourth-order valence-electron chi connectivity index (χ4n) is 2.63. The zero-order valence-electron chi connectivity index (χ0n) is 11.3. The quantitative estimate of drug-likeness (QED) is 0.860. The van der Waals surface area contributed by atoms with Gasteiger partial charge < -0.3 is 19.3 Å². The van der Waals surface area contributed by atoms with Gasteiger partial charge in [0.1, 0.15) is 0 Å². The van der Waals surface area contributed by atoms with Crippen LogP contribution in [0, 0.1) is 0 Å². The third-order valence-corrected chi connectivity index (χ3v) is 3.81. The molecule has 0 aliphatic carbocycles. The minimum Gasteiger partial charge on any atom is -0.381 e. The van der Waals surface area contributed by atoms with E-state index in [1.54, 1.807) is 0 Å². The molecule has 0 aromatic carbocycles. The number of hydrogen-bond donors (Lipinski definition) is 1. The second-order valence-corrected chi connectivity index (χ2v) is 5.26. The van der Waals surface area contributed by atoms with Crippen molar-refractivity contribution in [3.63, 3.8) is 0 Å². The molecule has 6 heteroatoms. The maximum atomic E-state index is 5.54. The Bertz CT molecular complexity index is 404. The number of nitrogens with one attached hydrogen (secondary N) is 1. The molecule has 2 aliphatic heterocycles. The molecular formula is C13H21N3O3. The summed E-state index contributed by atoms with van der Waals surface area (Å²) in [5, 5.41) is 7.59. The van der Waals surface area contributed by atoms with Gasteiger partial charge in [0.15, 0.2) is 5.82 Å². The van der Waals surface area contributed by atoms with E-state index >= 15 is 0 Å². The molecule has 3 heterocycles. The summed E-state index contributed by atoms with van der Waals surface area (Å²) in [5.74, 6) is 1.96. The molecule has 2 aliphatic rings. The van der Waals surface area contributed by atoms with Crippen LogP contribution in [0.1, 0.15) is 43.3 Å². The molecule has 6 nitrogen and oxygen atoms in total. The number of rotatable bonds is 5. The summed E-state index contributed by atoms with van der Waals surface area (Å²) in [5.41, 5.74) is 0. The normalized spacial score (nSPS) is 31.1. The fraction of sp³-hybridized carbons (Fsp3) is 0.846. The van der Waals surface area contributed by atoms with Crippen molar-refractivity contribution in [2.45, 2.75) is 37.6 Å². The van der Waals surface area contributed by atoms with Crippen LogP contribution in [0.15, 0.2) is 4.52 Å². The van der Waals surface area contributed by atoms with Crippen LogP contribution in [0.25, 0.3) is 0 Å². The molecule has 1 N–H and O–H groups in total. The van der Waals surface area contributed by atoms with Gasteiger partial charge in [-0.15, -0.1) is 0 Å². The van der Waals surface area contributed by atoms with Gasteiger partial charge in [-0.05, 0) is 19.4 Å². The van der Waals surface area contributed by atoms with Crippen molar-refractivity contribution >= 4 is 0 Å². The molecular weight excluding hydrogens is 246 g/mol. The zero-order valence-corrected chi connectivity index (χ0v) is 11.3. The summed E-state index contributed by atoms with van der Waals surface area (Å²) in [6.45, 7) is 6.02. The Balaban J connectivity index is 1.67. The van der Waals surface area contributed by atoms with Crippen molar-refractivity contribution in [1.82, 2.24) is 15.5 Å². The molecule has 1 aromatic rings. The number of hydrogen-bond acceptors (Lipinski definition) is 6. The largest absolute Gasteiger partial charge is 0.381 e. The van der Waals surface area contributed by atoms with Crippen LogP contribution in [0.5, 0.6) is 0 Å². The summed E-state index contributed by atoms with van der Waals surface area (Å²) < 4.78 is 16.3. The van der Waals surface area contributed by atoms with E-state index in [4.69, 9.17) is 14.0 Å². The molecule has 3 atom stereocenters. The molecule has 0 saturated carbocycles. The van der Waals surface area contributed by atoms with E-state index < -0.39 is 0 Å². The molecule has 106 valence electrons. The molecule has 0 radical (unpaired) electrons. The van der Waals surface area contributed by atoms with Crippen LogP contribution in [0.3, 0.4) is 0 Å². The molecule has 3 rings (SSSR count). The van der Waals surface area contributed by atoms with E-state index in [0.717, 1.165) is 38.4 Å². The lowest BCUT2D eigenvalue weighted by atomic mass is 10.0. The Hall–Kier alpha value is -0.980. The molecule has 1 aromatic heterocycles. The van der Waals surface area contributed by atoms with Crippen molar-refractivity contribution in [3.05, 3.63) is 11.7 Å². The molecule has 3 unspecified atom stereocenters. The van der Waals surface area contributed by atoms with Crippen LogP contribution in [-0.4, -0.2) is 49.2 Å². The Morgan fingerprint density at radius 2 is 2.21 bits per heavy atom. The minimum absolute atomic E-state index is 0.176. The minimum atomic E-state index is 0.176. The van der Waals surface area contributed by atoms with Gasteiger partial charge in [-0.3, -0.25) is 0 Å². The molecule has 0 amide bonds. The van der Waals surface area contributed by atoms with Crippen molar-refractivity contribution in [2.75, 3.05) is 33.0 Å². The van der Waals surface area contributed by atoms with E-state index in [9.17, 15) is 0 Å². The zero-order chi connectivity index (χ0) is 13.1. The van der Waals surface area contributed by atoms with Crippen LogP contribution in [-0.2, 0) is 9.47 Å². The average molecular weight is 267 g/mol. The molecule has 2 saturated heterocycles. The topological polar surface area (TPSA) is 69.4 Å². The van der Waals surface area contributed by atoms with Gasteiger partial charge in [-0.1, -0.05) is 12.1 Å². The second-order valence-electron chi connectivity index (χ2n) is 5.26. The average Bonchev–Trinajstić information content (AvgIpc) is 3.14. The first-order chi connectivity index (χ1) is 9.38. The highest BCUT2D eigenvalue weighted by molar-refractivity contribution is 5.05. The lowest BCUT2D eigenvalue weighted by molar-refractivity contribution is 0.184. The van der Waals surface area contributed by atoms with Gasteiger partial charge in [0.25, 0.3) is 0 Å². The third kappa shape index (κ3) is 2.80. The van der Waals surface area contributed by atoms with Gasteiger partial charge >= 0.3 is 0 Å². The van der Waals surface area contributed by atoms with Crippen molar-refractivity contribution in [3.8, 4) is 0 Å². The summed E-state index contributed by atoms with van der Waals surface area (Å²) in [4.78, 5) is 4.55. The summed E-state index contributed by atoms with van der Waals surface area (Å²) >= 11 is 0. The van der Waals surface area contributed by atoms with Gasteiger partial charge in [-0.2, -0.15) is 4.98 Å². The van der Waals surface area contributed by atoms with Crippen LogP contribution >= 0.6 is 0 Å². The van der Waals surface area contributed by atoms with Gasteiger partial charge in [0.2, 0.25) is 5.89 Å². The molecule has 0 bridgehead atoms. The van der Waals surface area contributed by atoms with E-state index in [1.165, 1.54) is 0 Å². The Labute approximate surface area is 112 Å². The summed E-state index contributed by atoms with van der Waals surface area (Å²) in [6, 6.07) is 0.285. The highest BCUT2D eigenvalue weighted by Gasteiger charge is 2.34. The number of nitrogens with zero attached hydrogens (tertiary/aromatic N) is 2. The Kier molecular flexibility index (Phi) is 4.10. The predicted molar refractivity (Wildman–Crippen MR) is 68.1 cm³/mol. The number of aromatic nitrogens is 2. The first-order valence-electron chi connectivity index (χ1n) is 7.11. The van der Waals surface area contributed by atoms with Crippen LogP contribution in [0.2, 0.25) is 0 Å². The molecule has 0 spiro atoms. The third-order valence-electron chi connectivity index (χ3n) is 3.81. The smallest absolute Gasteiger partial charge is 0.233 e. The number of ether oxygens (including phenoxy) is 2.